The molecule has 0 saturated carbocycles. The molecule has 0 atom stereocenters. The minimum Gasteiger partial charge on any atom is -0.355 e. The van der Waals surface area contributed by atoms with E-state index in [0.29, 0.717) is 15.7 Å². The van der Waals surface area contributed by atoms with Crippen LogP contribution in [0.5, 0.6) is 0 Å². The minimum absolute atomic E-state index is 0.161. The van der Waals surface area contributed by atoms with Crippen LogP contribution in [0, 0.1) is 5.82 Å². The lowest BCUT2D eigenvalue weighted by molar-refractivity contribution is 0.0964. The molecule has 6 heteroatoms. The molecule has 108 valence electrons. The van der Waals surface area contributed by atoms with Crippen molar-refractivity contribution >= 4 is 33.4 Å². The van der Waals surface area contributed by atoms with E-state index in [-0.39, 0.29) is 11.5 Å². The summed E-state index contributed by atoms with van der Waals surface area (Å²) >= 11 is 3.13. The Kier molecular flexibility index (Phi) is 4.70. The lowest BCUT2D eigenvalue weighted by atomic mass is 10.1. The Morgan fingerprint density at radius 1 is 1.10 bits per heavy atom. The van der Waals surface area contributed by atoms with Gasteiger partial charge in [-0.15, -0.1) is 0 Å². The smallest absolute Gasteiger partial charge is 0.255 e. The van der Waals surface area contributed by atoms with Crippen LogP contribution in [0.15, 0.2) is 46.9 Å². The number of nitrogens with one attached hydrogen (secondary N) is 2. The lowest BCUT2D eigenvalue weighted by Gasteiger charge is -2.10. The summed E-state index contributed by atoms with van der Waals surface area (Å²) in [5.74, 6) is -1.33. The molecule has 0 aliphatic carbocycles. The summed E-state index contributed by atoms with van der Waals surface area (Å²) in [6.07, 6.45) is 0. The van der Waals surface area contributed by atoms with E-state index in [9.17, 15) is 14.0 Å². The Bertz CT molecular complexity index is 684. The first-order valence-electron chi connectivity index (χ1n) is 6.10. The Balaban J connectivity index is 2.30. The molecule has 0 radical (unpaired) electrons. The zero-order valence-corrected chi connectivity index (χ0v) is 12.7. The van der Waals surface area contributed by atoms with Crippen molar-refractivity contribution in [3.8, 4) is 0 Å². The standard InChI is InChI=1S/C15H12BrFN2O2/c1-18-15(21)12-4-2-3-5-13(12)19-14(20)9-6-10(16)8-11(17)7-9/h2-8H,1H3,(H,18,21)(H,19,20). The van der Waals surface area contributed by atoms with E-state index >= 15 is 0 Å². The molecule has 2 aromatic rings. The lowest BCUT2D eigenvalue weighted by Crippen LogP contribution is -2.21. The minimum atomic E-state index is -0.519. The van der Waals surface area contributed by atoms with Crippen LogP contribution < -0.4 is 10.6 Å². The zero-order chi connectivity index (χ0) is 15.4. The molecule has 0 spiro atoms. The largest absolute Gasteiger partial charge is 0.355 e. The number of benzene rings is 2. The van der Waals surface area contributed by atoms with Crippen molar-refractivity contribution < 1.29 is 14.0 Å². The molecular weight excluding hydrogens is 339 g/mol. The quantitative estimate of drug-likeness (QED) is 0.892. The van der Waals surface area contributed by atoms with Crippen LogP contribution in [0.4, 0.5) is 10.1 Å². The average molecular weight is 351 g/mol. The number of rotatable bonds is 3. The Morgan fingerprint density at radius 2 is 1.81 bits per heavy atom. The molecule has 21 heavy (non-hydrogen) atoms. The van der Waals surface area contributed by atoms with Gasteiger partial charge in [-0.3, -0.25) is 9.59 Å². The fourth-order valence-corrected chi connectivity index (χ4v) is 2.27. The van der Waals surface area contributed by atoms with Crippen molar-refractivity contribution in [1.29, 1.82) is 0 Å². The molecule has 0 aromatic heterocycles. The highest BCUT2D eigenvalue weighted by atomic mass is 79.9. The first kappa shape index (κ1) is 15.2. The van der Waals surface area contributed by atoms with E-state index in [1.54, 1.807) is 24.3 Å². The molecule has 0 saturated heterocycles. The fraction of sp³-hybridized carbons (Fsp3) is 0.0667. The zero-order valence-electron chi connectivity index (χ0n) is 11.1. The molecule has 2 N–H and O–H groups in total. The Labute approximate surface area is 129 Å². The summed E-state index contributed by atoms with van der Waals surface area (Å²) in [5.41, 5.74) is 0.861. The molecule has 2 rings (SSSR count). The second kappa shape index (κ2) is 6.49. The van der Waals surface area contributed by atoms with Gasteiger partial charge in [-0.1, -0.05) is 28.1 Å². The molecule has 2 amide bonds. The van der Waals surface area contributed by atoms with Gasteiger partial charge in [-0.2, -0.15) is 0 Å². The van der Waals surface area contributed by atoms with Crippen LogP contribution in [0.2, 0.25) is 0 Å². The number of anilines is 1. The van der Waals surface area contributed by atoms with Gasteiger partial charge in [0.25, 0.3) is 11.8 Å². The summed E-state index contributed by atoms with van der Waals surface area (Å²) in [6.45, 7) is 0. The summed E-state index contributed by atoms with van der Waals surface area (Å²) in [5, 5.41) is 5.10. The molecule has 2 aromatic carbocycles. The first-order chi connectivity index (χ1) is 10.0. The normalized spacial score (nSPS) is 10.0. The van der Waals surface area contributed by atoms with Gasteiger partial charge in [-0.05, 0) is 30.3 Å². The van der Waals surface area contributed by atoms with Crippen molar-refractivity contribution in [2.45, 2.75) is 0 Å². The third-order valence-corrected chi connectivity index (χ3v) is 3.23. The SMILES string of the molecule is CNC(=O)c1ccccc1NC(=O)c1cc(F)cc(Br)c1. The van der Waals surface area contributed by atoms with Crippen molar-refractivity contribution in [1.82, 2.24) is 5.32 Å². The number of carbonyl (C=O) groups excluding carboxylic acids is 2. The summed E-state index contributed by atoms with van der Waals surface area (Å²) in [4.78, 5) is 23.9. The van der Waals surface area contributed by atoms with Crippen LogP contribution in [-0.2, 0) is 0 Å². The monoisotopic (exact) mass is 350 g/mol. The number of amides is 2. The highest BCUT2D eigenvalue weighted by molar-refractivity contribution is 9.10. The summed E-state index contributed by atoms with van der Waals surface area (Å²) in [6, 6.07) is 10.5. The van der Waals surface area contributed by atoms with Crippen LogP contribution in [0.3, 0.4) is 0 Å². The maximum atomic E-state index is 13.3. The van der Waals surface area contributed by atoms with Gasteiger partial charge in [0.15, 0.2) is 0 Å². The number of para-hydroxylation sites is 1. The van der Waals surface area contributed by atoms with E-state index in [2.05, 4.69) is 26.6 Å². The molecule has 4 nitrogen and oxygen atoms in total. The van der Waals surface area contributed by atoms with Crippen LogP contribution in [0.1, 0.15) is 20.7 Å². The number of carbonyl (C=O) groups is 2. The Morgan fingerprint density at radius 3 is 2.48 bits per heavy atom. The molecular formula is C15H12BrFN2O2. The van der Waals surface area contributed by atoms with Gasteiger partial charge in [-0.25, -0.2) is 4.39 Å². The van der Waals surface area contributed by atoms with E-state index in [4.69, 9.17) is 0 Å². The van der Waals surface area contributed by atoms with Crippen LogP contribution in [-0.4, -0.2) is 18.9 Å². The van der Waals surface area contributed by atoms with E-state index in [1.807, 2.05) is 0 Å². The third kappa shape index (κ3) is 3.66. The molecule has 0 bridgehead atoms. The topological polar surface area (TPSA) is 58.2 Å². The highest BCUT2D eigenvalue weighted by Crippen LogP contribution is 2.19. The van der Waals surface area contributed by atoms with Crippen molar-refractivity contribution in [2.24, 2.45) is 0 Å². The first-order valence-corrected chi connectivity index (χ1v) is 6.89. The van der Waals surface area contributed by atoms with Crippen LogP contribution >= 0.6 is 15.9 Å². The fourth-order valence-electron chi connectivity index (χ4n) is 1.80. The molecule has 0 unspecified atom stereocenters. The van der Waals surface area contributed by atoms with E-state index in [0.717, 1.165) is 6.07 Å². The third-order valence-electron chi connectivity index (χ3n) is 2.77. The molecule has 0 fully saturated rings. The molecule has 0 aliphatic heterocycles. The predicted octanol–water partition coefficient (Wildman–Crippen LogP) is 3.20. The number of hydrogen-bond donors (Lipinski definition) is 2. The molecule has 0 heterocycles. The van der Waals surface area contributed by atoms with Crippen molar-refractivity contribution in [3.63, 3.8) is 0 Å². The van der Waals surface area contributed by atoms with Gasteiger partial charge in [0, 0.05) is 17.1 Å². The Hall–Kier alpha value is -2.21. The number of halogens is 2. The highest BCUT2D eigenvalue weighted by Gasteiger charge is 2.13. The van der Waals surface area contributed by atoms with Gasteiger partial charge in [0.1, 0.15) is 5.82 Å². The van der Waals surface area contributed by atoms with E-state index < -0.39 is 11.7 Å². The summed E-state index contributed by atoms with van der Waals surface area (Å²) < 4.78 is 13.8. The average Bonchev–Trinajstić information content (AvgIpc) is 2.46. The maximum absolute atomic E-state index is 13.3. The van der Waals surface area contributed by atoms with Gasteiger partial charge < -0.3 is 10.6 Å². The molecule has 0 aliphatic rings. The van der Waals surface area contributed by atoms with Crippen molar-refractivity contribution in [2.75, 3.05) is 12.4 Å². The maximum Gasteiger partial charge on any atom is 0.255 e. The van der Waals surface area contributed by atoms with Crippen molar-refractivity contribution in [3.05, 3.63) is 63.9 Å². The second-order valence-electron chi connectivity index (χ2n) is 4.24. The van der Waals surface area contributed by atoms with Gasteiger partial charge in [0.05, 0.1) is 11.3 Å². The predicted molar refractivity (Wildman–Crippen MR) is 81.9 cm³/mol. The van der Waals surface area contributed by atoms with Crippen LogP contribution in [0.25, 0.3) is 0 Å². The van der Waals surface area contributed by atoms with Gasteiger partial charge in [0.2, 0.25) is 0 Å². The summed E-state index contributed by atoms with van der Waals surface area (Å²) in [7, 11) is 1.50. The van der Waals surface area contributed by atoms with Gasteiger partial charge >= 0.3 is 0 Å². The van der Waals surface area contributed by atoms with E-state index in [1.165, 1.54) is 19.2 Å². The number of hydrogen-bond acceptors (Lipinski definition) is 2. The second-order valence-corrected chi connectivity index (χ2v) is 5.15.